The van der Waals surface area contributed by atoms with Crippen molar-refractivity contribution >= 4 is 15.9 Å². The molecule has 1 aliphatic carbocycles. The monoisotopic (exact) mass is 323 g/mol. The highest BCUT2D eigenvalue weighted by Gasteiger charge is 2.20. The molecule has 2 aromatic rings. The normalized spacial score (nSPS) is 14.8. The van der Waals surface area contributed by atoms with Gasteiger partial charge in [-0.2, -0.15) is 0 Å². The van der Waals surface area contributed by atoms with Crippen LogP contribution in [0, 0.1) is 5.82 Å². The van der Waals surface area contributed by atoms with Crippen LogP contribution in [0.5, 0.6) is 0 Å². The number of hydrogen-bond donors (Lipinski definition) is 1. The Hall–Kier alpha value is -1.20. The lowest BCUT2D eigenvalue weighted by molar-refractivity contribution is 0.615. The van der Waals surface area contributed by atoms with Gasteiger partial charge in [0.1, 0.15) is 5.82 Å². The summed E-state index contributed by atoms with van der Waals surface area (Å²) in [5.74, 6) is -0.228. The van der Waals surface area contributed by atoms with Crippen molar-refractivity contribution in [3.05, 3.63) is 52.3 Å². The third kappa shape index (κ3) is 3.22. The number of imidazole rings is 1. The molecule has 3 rings (SSSR count). The van der Waals surface area contributed by atoms with Gasteiger partial charge in [0.05, 0.1) is 16.5 Å². The Labute approximate surface area is 120 Å². The summed E-state index contributed by atoms with van der Waals surface area (Å²) in [6, 6.07) is 5.77. The minimum absolute atomic E-state index is 0.228. The lowest BCUT2D eigenvalue weighted by atomic mass is 10.2. The minimum atomic E-state index is -0.228. The summed E-state index contributed by atoms with van der Waals surface area (Å²) in [4.78, 5) is 4.36. The summed E-state index contributed by atoms with van der Waals surface area (Å²) in [5, 5.41) is 3.43. The van der Waals surface area contributed by atoms with Crippen LogP contribution in [-0.2, 0) is 13.1 Å². The number of nitrogens with zero attached hydrogens (tertiary/aromatic N) is 2. The molecule has 100 valence electrons. The van der Waals surface area contributed by atoms with Crippen LogP contribution in [0.2, 0.25) is 0 Å². The first-order valence-corrected chi connectivity index (χ1v) is 7.18. The quantitative estimate of drug-likeness (QED) is 0.916. The third-order valence-electron chi connectivity index (χ3n) is 3.22. The van der Waals surface area contributed by atoms with E-state index >= 15 is 0 Å². The predicted octanol–water partition coefficient (Wildman–Crippen LogP) is 3.09. The highest BCUT2D eigenvalue weighted by Crippen LogP contribution is 2.21. The van der Waals surface area contributed by atoms with Crippen molar-refractivity contribution in [2.45, 2.75) is 32.0 Å². The second-order valence-electron chi connectivity index (χ2n) is 4.91. The first-order valence-electron chi connectivity index (χ1n) is 6.39. The van der Waals surface area contributed by atoms with Crippen molar-refractivity contribution in [1.29, 1.82) is 0 Å². The maximum Gasteiger partial charge on any atom is 0.137 e. The Morgan fingerprint density at radius 2 is 2.26 bits per heavy atom. The van der Waals surface area contributed by atoms with Gasteiger partial charge in [-0.25, -0.2) is 9.37 Å². The summed E-state index contributed by atoms with van der Waals surface area (Å²) in [5.41, 5.74) is 1.94. The molecule has 1 aromatic carbocycles. The van der Waals surface area contributed by atoms with Gasteiger partial charge in [-0.15, -0.1) is 0 Å². The van der Waals surface area contributed by atoms with Crippen molar-refractivity contribution in [1.82, 2.24) is 14.9 Å². The molecule has 0 aliphatic heterocycles. The highest BCUT2D eigenvalue weighted by molar-refractivity contribution is 9.10. The summed E-state index contributed by atoms with van der Waals surface area (Å²) >= 11 is 3.28. The van der Waals surface area contributed by atoms with Gasteiger partial charge in [-0.3, -0.25) is 0 Å². The number of nitrogens with one attached hydrogen (secondary N) is 1. The Kier molecular flexibility index (Phi) is 3.66. The molecule has 0 bridgehead atoms. The van der Waals surface area contributed by atoms with E-state index in [1.54, 1.807) is 12.4 Å². The van der Waals surface area contributed by atoms with Gasteiger partial charge >= 0.3 is 0 Å². The van der Waals surface area contributed by atoms with Gasteiger partial charge in [0.25, 0.3) is 0 Å². The molecule has 19 heavy (non-hydrogen) atoms. The topological polar surface area (TPSA) is 29.9 Å². The van der Waals surface area contributed by atoms with Gasteiger partial charge < -0.3 is 9.88 Å². The van der Waals surface area contributed by atoms with Crippen LogP contribution in [0.4, 0.5) is 4.39 Å². The first-order chi connectivity index (χ1) is 9.22. The van der Waals surface area contributed by atoms with Crippen molar-refractivity contribution < 1.29 is 4.39 Å². The lowest BCUT2D eigenvalue weighted by Gasteiger charge is -2.05. The first kappa shape index (κ1) is 12.8. The zero-order valence-electron chi connectivity index (χ0n) is 10.4. The molecule has 0 spiro atoms. The van der Waals surface area contributed by atoms with E-state index in [0.29, 0.717) is 17.1 Å². The van der Waals surface area contributed by atoms with E-state index in [-0.39, 0.29) is 5.82 Å². The molecule has 0 unspecified atom stereocenters. The highest BCUT2D eigenvalue weighted by atomic mass is 79.9. The molecule has 1 aliphatic rings. The molecule has 1 aromatic heterocycles. The maximum absolute atomic E-state index is 13.4. The molecule has 0 amide bonds. The van der Waals surface area contributed by atoms with Crippen molar-refractivity contribution in [2.24, 2.45) is 0 Å². The summed E-state index contributed by atoms with van der Waals surface area (Å²) in [6.45, 7) is 1.43. The molecule has 5 heteroatoms. The van der Waals surface area contributed by atoms with Gasteiger partial charge in [0.15, 0.2) is 0 Å². The Morgan fingerprint density at radius 1 is 1.42 bits per heavy atom. The average Bonchev–Trinajstić information content (AvgIpc) is 3.13. The number of benzene rings is 1. The maximum atomic E-state index is 13.4. The summed E-state index contributed by atoms with van der Waals surface area (Å²) < 4.78 is 15.9. The molecule has 1 fully saturated rings. The zero-order chi connectivity index (χ0) is 13.2. The van der Waals surface area contributed by atoms with E-state index in [4.69, 9.17) is 0 Å². The fourth-order valence-corrected chi connectivity index (χ4v) is 2.38. The third-order valence-corrected chi connectivity index (χ3v) is 4.11. The molecular formula is C14H15BrFN3. The second-order valence-corrected chi connectivity index (χ2v) is 5.70. The SMILES string of the molecule is Fc1cccc(Cn2cnc(CNC3CC3)c2)c1Br. The molecule has 0 radical (unpaired) electrons. The van der Waals surface area contributed by atoms with Gasteiger partial charge in [-0.05, 0) is 40.4 Å². The molecule has 0 atom stereocenters. The van der Waals surface area contributed by atoms with E-state index in [1.165, 1.54) is 18.9 Å². The predicted molar refractivity (Wildman–Crippen MR) is 75.3 cm³/mol. The van der Waals surface area contributed by atoms with Crippen molar-refractivity contribution in [2.75, 3.05) is 0 Å². The Bertz CT molecular complexity index is 578. The number of rotatable bonds is 5. The summed E-state index contributed by atoms with van der Waals surface area (Å²) in [7, 11) is 0. The van der Waals surface area contributed by atoms with Crippen LogP contribution in [0.1, 0.15) is 24.1 Å². The minimum Gasteiger partial charge on any atom is -0.333 e. The Balaban J connectivity index is 1.67. The van der Waals surface area contributed by atoms with Gasteiger partial charge in [0, 0.05) is 25.3 Å². The van der Waals surface area contributed by atoms with E-state index in [1.807, 2.05) is 16.8 Å². The molecule has 3 nitrogen and oxygen atoms in total. The second kappa shape index (κ2) is 5.43. The smallest absolute Gasteiger partial charge is 0.137 e. The Morgan fingerprint density at radius 3 is 3.05 bits per heavy atom. The molecular weight excluding hydrogens is 309 g/mol. The standard InChI is InChI=1S/C14H15BrFN3/c15-14-10(2-1-3-13(14)16)7-19-8-12(18-9-19)6-17-11-4-5-11/h1-3,8-9,11,17H,4-7H2. The van der Waals surface area contributed by atoms with Crippen LogP contribution < -0.4 is 5.32 Å². The number of hydrogen-bond acceptors (Lipinski definition) is 2. The fourth-order valence-electron chi connectivity index (χ4n) is 1.99. The van der Waals surface area contributed by atoms with Crippen LogP contribution >= 0.6 is 15.9 Å². The van der Waals surface area contributed by atoms with E-state index in [2.05, 4.69) is 26.2 Å². The van der Waals surface area contributed by atoms with E-state index in [9.17, 15) is 4.39 Å². The van der Waals surface area contributed by atoms with Crippen LogP contribution in [-0.4, -0.2) is 15.6 Å². The number of halogens is 2. The van der Waals surface area contributed by atoms with E-state index in [0.717, 1.165) is 17.8 Å². The molecule has 0 saturated heterocycles. The van der Waals surface area contributed by atoms with Gasteiger partial charge in [0.2, 0.25) is 0 Å². The largest absolute Gasteiger partial charge is 0.333 e. The van der Waals surface area contributed by atoms with Crippen LogP contribution in [0.15, 0.2) is 35.2 Å². The van der Waals surface area contributed by atoms with Crippen molar-refractivity contribution in [3.8, 4) is 0 Å². The fraction of sp³-hybridized carbons (Fsp3) is 0.357. The van der Waals surface area contributed by atoms with Gasteiger partial charge in [-0.1, -0.05) is 12.1 Å². The average molecular weight is 324 g/mol. The molecule has 1 heterocycles. The zero-order valence-corrected chi connectivity index (χ0v) is 12.0. The number of aromatic nitrogens is 2. The van der Waals surface area contributed by atoms with Crippen LogP contribution in [0.25, 0.3) is 0 Å². The van der Waals surface area contributed by atoms with E-state index < -0.39 is 0 Å². The lowest BCUT2D eigenvalue weighted by Crippen LogP contribution is -2.15. The van der Waals surface area contributed by atoms with Crippen LogP contribution in [0.3, 0.4) is 0 Å². The van der Waals surface area contributed by atoms with Crippen molar-refractivity contribution in [3.63, 3.8) is 0 Å². The molecule has 1 saturated carbocycles. The molecule has 1 N–H and O–H groups in total. The summed E-state index contributed by atoms with van der Waals surface area (Å²) in [6.07, 6.45) is 6.35.